The Kier molecular flexibility index (Phi) is 7.67. The van der Waals surface area contributed by atoms with Crippen LogP contribution in [0.3, 0.4) is 0 Å². The van der Waals surface area contributed by atoms with Crippen molar-refractivity contribution in [2.45, 2.75) is 19.9 Å². The Morgan fingerprint density at radius 2 is 1.74 bits per heavy atom. The van der Waals surface area contributed by atoms with E-state index in [2.05, 4.69) is 10.6 Å². The molecule has 3 aromatic rings. The molecule has 1 atom stereocenters. The van der Waals surface area contributed by atoms with Gasteiger partial charge in [-0.05, 0) is 67.6 Å². The van der Waals surface area contributed by atoms with Crippen LogP contribution in [0.2, 0.25) is 0 Å². The molecular weight excluding hydrogens is 450 g/mol. The molecule has 3 amide bonds. The van der Waals surface area contributed by atoms with Gasteiger partial charge in [-0.3, -0.25) is 14.4 Å². The molecule has 1 aliphatic heterocycles. The first-order valence-corrected chi connectivity index (χ1v) is 11.4. The van der Waals surface area contributed by atoms with Crippen LogP contribution in [0.25, 0.3) is 0 Å². The van der Waals surface area contributed by atoms with Crippen LogP contribution in [-0.2, 0) is 20.9 Å². The van der Waals surface area contributed by atoms with Crippen molar-refractivity contribution in [3.05, 3.63) is 72.7 Å². The Hall–Kier alpha value is -4.27. The summed E-state index contributed by atoms with van der Waals surface area (Å²) in [6.07, 6.45) is 1.69. The Balaban J connectivity index is 1.24. The SMILES string of the molecule is CCOc1ccc(NC(=O)COc2ccc(N3C[C@H](C(=O)NCc4ccco4)CC3=O)cc2)cc1. The highest BCUT2D eigenvalue weighted by atomic mass is 16.5. The number of hydrogen-bond donors (Lipinski definition) is 2. The molecule has 1 aliphatic rings. The number of ether oxygens (including phenoxy) is 2. The van der Waals surface area contributed by atoms with Crippen molar-refractivity contribution in [1.29, 1.82) is 0 Å². The summed E-state index contributed by atoms with van der Waals surface area (Å²) in [6.45, 7) is 2.91. The zero-order valence-corrected chi connectivity index (χ0v) is 19.4. The molecule has 1 fully saturated rings. The van der Waals surface area contributed by atoms with Crippen molar-refractivity contribution in [1.82, 2.24) is 5.32 Å². The molecule has 0 spiro atoms. The molecule has 0 bridgehead atoms. The zero-order valence-electron chi connectivity index (χ0n) is 19.4. The smallest absolute Gasteiger partial charge is 0.262 e. The van der Waals surface area contributed by atoms with Crippen LogP contribution >= 0.6 is 0 Å². The summed E-state index contributed by atoms with van der Waals surface area (Å²) >= 11 is 0. The molecule has 1 aromatic heterocycles. The predicted molar refractivity (Wildman–Crippen MR) is 129 cm³/mol. The van der Waals surface area contributed by atoms with Crippen molar-refractivity contribution >= 4 is 29.1 Å². The van der Waals surface area contributed by atoms with E-state index in [0.29, 0.717) is 36.0 Å². The number of hydrogen-bond acceptors (Lipinski definition) is 6. The van der Waals surface area contributed by atoms with Gasteiger partial charge in [0.25, 0.3) is 5.91 Å². The molecule has 2 aromatic carbocycles. The Morgan fingerprint density at radius 1 is 1.03 bits per heavy atom. The maximum absolute atomic E-state index is 12.5. The average molecular weight is 478 g/mol. The first kappa shape index (κ1) is 23.9. The number of furan rings is 1. The first-order chi connectivity index (χ1) is 17.0. The van der Waals surface area contributed by atoms with Crippen molar-refractivity contribution in [3.63, 3.8) is 0 Å². The van der Waals surface area contributed by atoms with Gasteiger partial charge in [0.1, 0.15) is 17.3 Å². The fraction of sp³-hybridized carbons (Fsp3) is 0.269. The number of amides is 3. The van der Waals surface area contributed by atoms with E-state index in [1.807, 2.05) is 6.92 Å². The lowest BCUT2D eigenvalue weighted by atomic mass is 10.1. The second-order valence-corrected chi connectivity index (χ2v) is 7.99. The molecule has 4 rings (SSSR count). The van der Waals surface area contributed by atoms with E-state index >= 15 is 0 Å². The van der Waals surface area contributed by atoms with Gasteiger partial charge in [0, 0.05) is 24.3 Å². The van der Waals surface area contributed by atoms with Crippen LogP contribution < -0.4 is 25.0 Å². The minimum atomic E-state index is -0.431. The third-order valence-corrected chi connectivity index (χ3v) is 5.48. The summed E-state index contributed by atoms with van der Waals surface area (Å²) in [5.41, 5.74) is 1.32. The standard InChI is InChI=1S/C26H27N3O6/c1-2-33-21-9-5-19(6-10-21)28-24(30)17-35-22-11-7-20(8-12-22)29-16-18(14-25(29)31)26(32)27-15-23-4-3-13-34-23/h3-13,18H,2,14-17H2,1H3,(H,27,32)(H,28,30)/t18-/m1/s1. The maximum Gasteiger partial charge on any atom is 0.262 e. The van der Waals surface area contributed by atoms with E-state index in [9.17, 15) is 14.4 Å². The summed E-state index contributed by atoms with van der Waals surface area (Å²) in [4.78, 5) is 38.7. The van der Waals surface area contributed by atoms with Crippen LogP contribution in [0.1, 0.15) is 19.1 Å². The van der Waals surface area contributed by atoms with Crippen LogP contribution in [0, 0.1) is 5.92 Å². The van der Waals surface area contributed by atoms with Crippen LogP contribution in [0.15, 0.2) is 71.3 Å². The molecule has 182 valence electrons. The van der Waals surface area contributed by atoms with Crippen LogP contribution in [0.5, 0.6) is 11.5 Å². The molecule has 35 heavy (non-hydrogen) atoms. The minimum Gasteiger partial charge on any atom is -0.494 e. The third-order valence-electron chi connectivity index (χ3n) is 5.48. The van der Waals surface area contributed by atoms with Gasteiger partial charge in [-0.15, -0.1) is 0 Å². The van der Waals surface area contributed by atoms with Gasteiger partial charge in [0.2, 0.25) is 11.8 Å². The normalized spacial score (nSPS) is 15.1. The van der Waals surface area contributed by atoms with Crippen molar-refractivity contribution in [2.24, 2.45) is 5.92 Å². The molecule has 0 radical (unpaired) electrons. The number of carbonyl (C=O) groups is 3. The van der Waals surface area contributed by atoms with E-state index in [1.54, 1.807) is 71.8 Å². The largest absolute Gasteiger partial charge is 0.494 e. The number of nitrogens with one attached hydrogen (secondary N) is 2. The Bertz CT molecular complexity index is 1140. The van der Waals surface area contributed by atoms with E-state index in [0.717, 1.165) is 5.75 Å². The van der Waals surface area contributed by atoms with E-state index in [4.69, 9.17) is 13.9 Å². The summed E-state index contributed by atoms with van der Waals surface area (Å²) in [7, 11) is 0. The molecule has 0 aliphatic carbocycles. The van der Waals surface area contributed by atoms with Crippen molar-refractivity contribution in [2.75, 3.05) is 30.0 Å². The zero-order chi connectivity index (χ0) is 24.6. The highest BCUT2D eigenvalue weighted by molar-refractivity contribution is 6.00. The lowest BCUT2D eigenvalue weighted by molar-refractivity contribution is -0.126. The Morgan fingerprint density at radius 3 is 2.43 bits per heavy atom. The van der Waals surface area contributed by atoms with Gasteiger partial charge in [0.15, 0.2) is 6.61 Å². The van der Waals surface area contributed by atoms with Gasteiger partial charge >= 0.3 is 0 Å². The van der Waals surface area contributed by atoms with Crippen molar-refractivity contribution < 1.29 is 28.3 Å². The summed E-state index contributed by atoms with van der Waals surface area (Å²) in [5, 5.41) is 5.57. The maximum atomic E-state index is 12.5. The molecular formula is C26H27N3O6. The minimum absolute atomic E-state index is 0.119. The van der Waals surface area contributed by atoms with Gasteiger partial charge in [-0.1, -0.05) is 0 Å². The summed E-state index contributed by atoms with van der Waals surface area (Å²) in [5.74, 6) is 0.857. The number of nitrogens with zero attached hydrogens (tertiary/aromatic N) is 1. The number of benzene rings is 2. The quantitative estimate of drug-likeness (QED) is 0.463. The summed E-state index contributed by atoms with van der Waals surface area (Å²) in [6, 6.07) is 17.5. The highest BCUT2D eigenvalue weighted by Crippen LogP contribution is 2.27. The topological polar surface area (TPSA) is 110 Å². The average Bonchev–Trinajstić information content (AvgIpc) is 3.53. The molecule has 2 heterocycles. The fourth-order valence-corrected chi connectivity index (χ4v) is 3.73. The molecule has 9 nitrogen and oxygen atoms in total. The van der Waals surface area contributed by atoms with Crippen LogP contribution in [-0.4, -0.2) is 37.5 Å². The molecule has 0 saturated carbocycles. The van der Waals surface area contributed by atoms with Crippen molar-refractivity contribution in [3.8, 4) is 11.5 Å². The second-order valence-electron chi connectivity index (χ2n) is 7.99. The van der Waals surface area contributed by atoms with Gasteiger partial charge < -0.3 is 29.4 Å². The van der Waals surface area contributed by atoms with Gasteiger partial charge in [0.05, 0.1) is 25.3 Å². The highest BCUT2D eigenvalue weighted by Gasteiger charge is 2.35. The number of rotatable bonds is 10. The molecule has 1 saturated heterocycles. The van der Waals surface area contributed by atoms with Crippen LogP contribution in [0.4, 0.5) is 11.4 Å². The van der Waals surface area contributed by atoms with Gasteiger partial charge in [-0.25, -0.2) is 0 Å². The monoisotopic (exact) mass is 477 g/mol. The van der Waals surface area contributed by atoms with E-state index < -0.39 is 5.92 Å². The second kappa shape index (κ2) is 11.2. The third kappa shape index (κ3) is 6.41. The lowest BCUT2D eigenvalue weighted by Crippen LogP contribution is -2.32. The van der Waals surface area contributed by atoms with E-state index in [1.165, 1.54) is 0 Å². The molecule has 9 heteroatoms. The predicted octanol–water partition coefficient (Wildman–Crippen LogP) is 3.37. The number of carbonyl (C=O) groups excluding carboxylic acids is 3. The summed E-state index contributed by atoms with van der Waals surface area (Å²) < 4.78 is 16.2. The fourth-order valence-electron chi connectivity index (χ4n) is 3.73. The first-order valence-electron chi connectivity index (χ1n) is 11.4. The van der Waals surface area contributed by atoms with E-state index in [-0.39, 0.29) is 37.3 Å². The number of anilines is 2. The lowest BCUT2D eigenvalue weighted by Gasteiger charge is -2.17. The molecule has 0 unspecified atom stereocenters. The molecule has 2 N–H and O–H groups in total. The van der Waals surface area contributed by atoms with Gasteiger partial charge in [-0.2, -0.15) is 0 Å². The Labute approximate surface area is 203 Å².